The lowest BCUT2D eigenvalue weighted by Crippen LogP contribution is -2.36. The maximum Gasteiger partial charge on any atom is 0.144 e. The van der Waals surface area contributed by atoms with Gasteiger partial charge in [-0.15, -0.1) is 6.42 Å². The van der Waals surface area contributed by atoms with Crippen LogP contribution in [0.5, 0.6) is 0 Å². The summed E-state index contributed by atoms with van der Waals surface area (Å²) >= 11 is 0. The first-order valence-corrected chi connectivity index (χ1v) is 36.0. The molecule has 0 bridgehead atoms. The van der Waals surface area contributed by atoms with Crippen LogP contribution < -0.4 is 0 Å². The molecule has 101 heavy (non-hydrogen) atoms. The number of terminal acetylenes is 1. The van der Waals surface area contributed by atoms with Crippen molar-refractivity contribution < 1.29 is 8.83 Å². The van der Waals surface area contributed by atoms with Crippen molar-refractivity contribution in [2.24, 2.45) is 5.92 Å². The van der Waals surface area contributed by atoms with Crippen LogP contribution in [0.15, 0.2) is 294 Å². The van der Waals surface area contributed by atoms with Crippen LogP contribution in [0, 0.1) is 18.3 Å². The number of hydrogen-bond acceptors (Lipinski definition) is 2. The fourth-order valence-corrected chi connectivity index (χ4v) is 20.4. The number of furan rings is 2. The Kier molecular flexibility index (Phi) is 12.5. The highest BCUT2D eigenvalue weighted by molar-refractivity contribution is 6.21. The minimum absolute atomic E-state index is 0.0700. The Morgan fingerprint density at radius 2 is 1.06 bits per heavy atom. The van der Waals surface area contributed by atoms with E-state index < -0.39 is 10.8 Å². The summed E-state index contributed by atoms with van der Waals surface area (Å²) in [5.74, 6) is 2.97. The van der Waals surface area contributed by atoms with Crippen LogP contribution in [0.25, 0.3) is 111 Å². The molecule has 6 aliphatic carbocycles. The van der Waals surface area contributed by atoms with Crippen molar-refractivity contribution >= 4 is 55.5 Å². The molecule has 2 heterocycles. The Morgan fingerprint density at radius 3 is 1.79 bits per heavy atom. The van der Waals surface area contributed by atoms with Gasteiger partial charge in [-0.3, -0.25) is 0 Å². The van der Waals surface area contributed by atoms with E-state index in [2.05, 4.69) is 334 Å². The van der Waals surface area contributed by atoms with Crippen LogP contribution in [0.3, 0.4) is 0 Å². The van der Waals surface area contributed by atoms with Gasteiger partial charge >= 0.3 is 0 Å². The summed E-state index contributed by atoms with van der Waals surface area (Å²) in [6.07, 6.45) is 25.9. The molecule has 2 aromatic heterocycles. The molecule has 14 aromatic rings. The van der Waals surface area contributed by atoms with Gasteiger partial charge in [-0.25, -0.2) is 0 Å². The van der Waals surface area contributed by atoms with Gasteiger partial charge in [0.05, 0.1) is 10.8 Å². The molecule has 2 unspecified atom stereocenters. The molecule has 0 amide bonds. The van der Waals surface area contributed by atoms with Crippen LogP contribution in [-0.4, -0.2) is 0 Å². The van der Waals surface area contributed by atoms with Gasteiger partial charge in [-0.2, -0.15) is 0 Å². The summed E-state index contributed by atoms with van der Waals surface area (Å²) in [5, 5.41) is 4.66. The van der Waals surface area contributed by atoms with Crippen LogP contribution in [0.4, 0.5) is 0 Å². The molecule has 2 atom stereocenters. The van der Waals surface area contributed by atoms with E-state index in [0.29, 0.717) is 6.42 Å². The fourth-order valence-electron chi connectivity index (χ4n) is 20.4. The molecule has 0 N–H and O–H groups in total. The Morgan fingerprint density at radius 1 is 0.465 bits per heavy atom. The van der Waals surface area contributed by atoms with Crippen LogP contribution in [0.2, 0.25) is 0 Å². The zero-order valence-electron chi connectivity index (χ0n) is 58.0. The summed E-state index contributed by atoms with van der Waals surface area (Å²) in [4.78, 5) is 0. The van der Waals surface area contributed by atoms with Crippen LogP contribution in [-0.2, 0) is 33.5 Å². The van der Waals surface area contributed by atoms with E-state index >= 15 is 0 Å². The smallest absolute Gasteiger partial charge is 0.144 e. The van der Waals surface area contributed by atoms with Gasteiger partial charge < -0.3 is 8.83 Å². The molecule has 6 aliphatic rings. The van der Waals surface area contributed by atoms with Crippen molar-refractivity contribution in [1.29, 1.82) is 0 Å². The molecule has 2 heteroatoms. The summed E-state index contributed by atoms with van der Waals surface area (Å²) in [6, 6.07) is 90.0. The third kappa shape index (κ3) is 7.85. The third-order valence-electron chi connectivity index (χ3n) is 24.7. The molecular formula is C99H74O2. The average Bonchev–Trinajstić information content (AvgIpc) is 1.50. The summed E-state index contributed by atoms with van der Waals surface area (Å²) in [6.45, 7) is 16.8. The summed E-state index contributed by atoms with van der Waals surface area (Å²) < 4.78 is 14.0. The van der Waals surface area contributed by atoms with Gasteiger partial charge in [0.15, 0.2) is 0 Å². The maximum atomic E-state index is 7.16. The fraction of sp³-hybridized carbons (Fsp3) is 0.152. The van der Waals surface area contributed by atoms with Crippen LogP contribution >= 0.6 is 0 Å². The highest BCUT2D eigenvalue weighted by Crippen LogP contribution is 2.67. The lowest BCUT2D eigenvalue weighted by molar-refractivity contribution is 0.456. The monoisotopic (exact) mass is 1290 g/mol. The quantitative estimate of drug-likeness (QED) is 0.0818. The lowest BCUT2D eigenvalue weighted by Gasteiger charge is -2.41. The van der Waals surface area contributed by atoms with E-state index in [1.54, 1.807) is 0 Å². The van der Waals surface area contributed by atoms with E-state index in [-0.39, 0.29) is 22.2 Å². The molecule has 2 nitrogen and oxygen atoms in total. The molecule has 482 valence electrons. The second-order valence-electron chi connectivity index (χ2n) is 30.7. The van der Waals surface area contributed by atoms with Gasteiger partial charge in [0.2, 0.25) is 0 Å². The zero-order valence-corrected chi connectivity index (χ0v) is 58.0. The number of allylic oxidation sites excluding steroid dienone is 9. The van der Waals surface area contributed by atoms with Crippen molar-refractivity contribution in [3.05, 3.63) is 368 Å². The van der Waals surface area contributed by atoms with Gasteiger partial charge in [0.1, 0.15) is 22.3 Å². The molecule has 0 radical (unpaired) electrons. The molecule has 0 saturated heterocycles. The lowest BCUT2D eigenvalue weighted by atomic mass is 9.61. The van der Waals surface area contributed by atoms with Crippen molar-refractivity contribution in [2.75, 3.05) is 0 Å². The number of hydrogen-bond donors (Lipinski definition) is 0. The number of fused-ring (bicyclic) bond motifs is 25. The number of rotatable bonds is 9. The Balaban J connectivity index is 0.815. The van der Waals surface area contributed by atoms with E-state index in [4.69, 9.17) is 15.3 Å². The molecule has 0 spiro atoms. The SMILES string of the molecule is C#C/C=C\C(=C/C)C1(C2C=CC=CC2)c2cc3c(cc2-c2c1ccc1oc4ccccc4c21)C(c1ccccc1)(c1ccccc1)c1cc(C/C(=C/c2ccc4c(c2)C(C)(C)c2c5c(c6c(oc7ccccc76)c2-4)-c2ccccc2C5(C)C)c2ccc4c(c2)C(C)(C)c2ccccc2-4)ccc1-3. The van der Waals surface area contributed by atoms with Crippen molar-refractivity contribution in [3.8, 4) is 68.0 Å². The first-order chi connectivity index (χ1) is 49.3. The second kappa shape index (κ2) is 21.3. The van der Waals surface area contributed by atoms with Crippen molar-refractivity contribution in [2.45, 2.75) is 88.4 Å². The highest BCUT2D eigenvalue weighted by atomic mass is 16.3. The second-order valence-corrected chi connectivity index (χ2v) is 30.7. The van der Waals surface area contributed by atoms with Gasteiger partial charge in [0.25, 0.3) is 0 Å². The summed E-state index contributed by atoms with van der Waals surface area (Å²) in [5.41, 5.74) is 36.1. The zero-order chi connectivity index (χ0) is 68.1. The number of para-hydroxylation sites is 2. The van der Waals surface area contributed by atoms with Crippen molar-refractivity contribution in [1.82, 2.24) is 0 Å². The standard InChI is InChI=1S/C99H74O2/c1-9-11-29-63(10-2)98(64-30-15-12-16-31-64)78-50-51-86-88(72-38-23-27-42-84(72)100-86)87(78)75-58-82-74(57-83(75)98)69-47-44-60(55-81(69)99(82,65-32-17-13-18-33-65)66-34-19-14-20-35-66)53-62(61-46-49-68-67-36-21-25-40-76(67)95(3,4)80(68)56-61)52-59-45-48-71-79(54-59)97(7,8)93-91(71)94-90(73-39-24-28-43-85(73)101-94)89-70-37-22-26-41-77(70)96(5,6)92(89)93/h1,10-30,32-52,54-58,64H,31,53H2,2-8H3/b29-11-,62-52-,63-10+. The predicted octanol–water partition coefficient (Wildman–Crippen LogP) is 25.1. The van der Waals surface area contributed by atoms with E-state index in [1.807, 2.05) is 6.08 Å². The van der Waals surface area contributed by atoms with Gasteiger partial charge in [0, 0.05) is 43.4 Å². The molecule has 12 aromatic carbocycles. The molecule has 20 rings (SSSR count). The molecule has 0 fully saturated rings. The Labute approximate surface area is 591 Å². The van der Waals surface area contributed by atoms with Gasteiger partial charge in [-0.1, -0.05) is 284 Å². The minimum atomic E-state index is -0.731. The average molecular weight is 1300 g/mol. The van der Waals surface area contributed by atoms with E-state index in [0.717, 1.165) is 39.5 Å². The largest absolute Gasteiger partial charge is 0.456 e. The minimum Gasteiger partial charge on any atom is -0.456 e. The summed E-state index contributed by atoms with van der Waals surface area (Å²) in [7, 11) is 0. The molecule has 0 aliphatic heterocycles. The first kappa shape index (κ1) is 59.5. The third-order valence-corrected chi connectivity index (χ3v) is 24.7. The number of benzene rings is 12. The van der Waals surface area contributed by atoms with E-state index in [9.17, 15) is 0 Å². The highest BCUT2D eigenvalue weighted by Gasteiger charge is 2.55. The Hall–Kier alpha value is -11.5. The Bertz CT molecular complexity index is 6150. The molecular weight excluding hydrogens is 1220 g/mol. The molecule has 0 saturated carbocycles. The maximum absolute atomic E-state index is 7.16. The van der Waals surface area contributed by atoms with Crippen LogP contribution in [0.1, 0.15) is 138 Å². The van der Waals surface area contributed by atoms with Gasteiger partial charge in [-0.05, 0) is 219 Å². The first-order valence-electron chi connectivity index (χ1n) is 36.0. The predicted molar refractivity (Wildman–Crippen MR) is 420 cm³/mol. The normalized spacial score (nSPS) is 18.5. The van der Waals surface area contributed by atoms with E-state index in [1.165, 1.54) is 161 Å². The topological polar surface area (TPSA) is 26.3 Å². The van der Waals surface area contributed by atoms with Crippen molar-refractivity contribution in [3.63, 3.8) is 0 Å².